The predicted molar refractivity (Wildman–Crippen MR) is 334 cm³/mol. The van der Waals surface area contributed by atoms with Crippen molar-refractivity contribution < 1.29 is 0 Å². The minimum Gasteiger partial charge on any atom is -0.311 e. The fourth-order valence-electron chi connectivity index (χ4n) is 12.2. The van der Waals surface area contributed by atoms with Crippen molar-refractivity contribution in [3.8, 4) is 44.5 Å². The second-order valence-corrected chi connectivity index (χ2v) is 23.0. The van der Waals surface area contributed by atoms with Crippen molar-refractivity contribution in [3.05, 3.63) is 278 Å². The molecule has 2 aliphatic heterocycles. The van der Waals surface area contributed by atoms with Crippen molar-refractivity contribution in [3.63, 3.8) is 0 Å². The quantitative estimate of drug-likeness (QED) is 0.133. The first-order chi connectivity index (χ1) is 38.0. The third-order valence-corrected chi connectivity index (χ3v) is 15.9. The van der Waals surface area contributed by atoms with Gasteiger partial charge >= 0.3 is 0 Å². The van der Waals surface area contributed by atoms with Crippen LogP contribution in [0.2, 0.25) is 0 Å². The molecule has 2 aliphatic rings. The minimum atomic E-state index is -0.174. The van der Waals surface area contributed by atoms with Gasteiger partial charge in [0.25, 0.3) is 6.71 Å². The lowest BCUT2D eigenvalue weighted by Gasteiger charge is -2.45. The second kappa shape index (κ2) is 19.5. The van der Waals surface area contributed by atoms with Gasteiger partial charge in [-0.05, 0) is 144 Å². The Morgan fingerprint density at radius 2 is 0.628 bits per heavy atom. The van der Waals surface area contributed by atoms with Crippen LogP contribution in [0, 0.1) is 0 Å². The molecule has 0 fully saturated rings. The molecule has 0 spiro atoms. The molecule has 0 saturated carbocycles. The third-order valence-electron chi connectivity index (χ3n) is 15.9. The maximum Gasteiger partial charge on any atom is 0.252 e. The van der Waals surface area contributed by atoms with Crippen molar-refractivity contribution in [2.75, 3.05) is 14.7 Å². The van der Waals surface area contributed by atoms with Crippen LogP contribution in [0.15, 0.2) is 267 Å². The molecule has 0 amide bonds. The highest BCUT2D eigenvalue weighted by Crippen LogP contribution is 2.52. The van der Waals surface area contributed by atoms with E-state index in [1.807, 2.05) is 0 Å². The SMILES string of the molecule is CC(C)(C)c1ccccc1N(c1cc2c3c(c1)N(c1cccc(-c4ccccc4)c1)c1cc(-c4ccccc4)ccc1B3c1ccc(-c3ccccc3)cc1N2c1cccc(-c2ccccc2)c1)c1ccccc1C(C)(C)C. The molecule has 0 N–H and O–H groups in total. The van der Waals surface area contributed by atoms with Crippen molar-refractivity contribution >= 4 is 74.3 Å². The Hall–Kier alpha value is -9.12. The number of nitrogens with zero attached hydrogens (tertiary/aromatic N) is 3. The summed E-state index contributed by atoms with van der Waals surface area (Å²) in [5.74, 6) is 0. The van der Waals surface area contributed by atoms with Crippen LogP contribution in [-0.2, 0) is 10.8 Å². The van der Waals surface area contributed by atoms with Gasteiger partial charge in [0, 0.05) is 45.5 Å². The molecule has 2 heterocycles. The Balaban J connectivity index is 1.19. The average molecular weight is 1000 g/mol. The van der Waals surface area contributed by atoms with E-state index in [4.69, 9.17) is 0 Å². The largest absolute Gasteiger partial charge is 0.311 e. The molecule has 0 aromatic heterocycles. The monoisotopic (exact) mass is 1000 g/mol. The van der Waals surface area contributed by atoms with E-state index < -0.39 is 0 Å². The zero-order chi connectivity index (χ0) is 53.1. The van der Waals surface area contributed by atoms with E-state index in [0.29, 0.717) is 0 Å². The van der Waals surface area contributed by atoms with E-state index in [-0.39, 0.29) is 17.5 Å². The molecule has 4 heteroatoms. The first-order valence-corrected chi connectivity index (χ1v) is 27.4. The van der Waals surface area contributed by atoms with Gasteiger partial charge in [0.1, 0.15) is 0 Å². The average Bonchev–Trinajstić information content (AvgIpc) is 3.61. The topological polar surface area (TPSA) is 9.72 Å². The normalized spacial score (nSPS) is 12.7. The van der Waals surface area contributed by atoms with Gasteiger partial charge < -0.3 is 14.7 Å². The number of fused-ring (bicyclic) bond motifs is 4. The Kier molecular flexibility index (Phi) is 12.1. The van der Waals surface area contributed by atoms with Crippen LogP contribution >= 0.6 is 0 Å². The third kappa shape index (κ3) is 8.68. The second-order valence-electron chi connectivity index (χ2n) is 23.0. The lowest BCUT2D eigenvalue weighted by molar-refractivity contribution is 0.587. The molecule has 11 aromatic carbocycles. The Morgan fingerprint density at radius 3 is 1.00 bits per heavy atom. The van der Waals surface area contributed by atoms with Gasteiger partial charge in [-0.25, -0.2) is 0 Å². The maximum absolute atomic E-state index is 2.58. The van der Waals surface area contributed by atoms with Crippen LogP contribution in [-0.4, -0.2) is 6.71 Å². The molecular formula is C74H62BN3. The Morgan fingerprint density at radius 1 is 0.295 bits per heavy atom. The van der Waals surface area contributed by atoms with Crippen LogP contribution < -0.4 is 31.1 Å². The highest BCUT2D eigenvalue weighted by Gasteiger charge is 2.45. The number of anilines is 9. The first kappa shape index (κ1) is 48.5. The lowest BCUT2D eigenvalue weighted by atomic mass is 9.33. The van der Waals surface area contributed by atoms with E-state index >= 15 is 0 Å². The van der Waals surface area contributed by atoms with E-state index in [0.717, 1.165) is 51.2 Å². The highest BCUT2D eigenvalue weighted by molar-refractivity contribution is 7.00. The van der Waals surface area contributed by atoms with E-state index in [1.165, 1.54) is 72.0 Å². The maximum atomic E-state index is 2.58. The fraction of sp³-hybridized carbons (Fsp3) is 0.108. The molecule has 0 radical (unpaired) electrons. The number of hydrogen-bond acceptors (Lipinski definition) is 3. The first-order valence-electron chi connectivity index (χ1n) is 27.4. The summed E-state index contributed by atoms with van der Waals surface area (Å²) in [6, 6.07) is 99.2. The standard InChI is InChI=1S/C74H62BN3/c1-73(2,3)62-37-19-21-39-66(62)78(67-40-22-20-38-63(67)74(4,5)6)61-49-70-72-71(50-61)77(60-36-24-34-56(46-60)52-27-13-8-14-28-52)69-48-58(54-31-17-10-18-32-54)42-44-65(69)75(72)64-43-41-57(53-29-15-9-16-30-53)47-68(64)76(70)59-35-23-33-55(45-59)51-25-11-7-12-26-51/h7-50H,1-6H3. The number of hydrogen-bond donors (Lipinski definition) is 0. The summed E-state index contributed by atoms with van der Waals surface area (Å²) in [6.45, 7) is 13.9. The summed E-state index contributed by atoms with van der Waals surface area (Å²) in [7, 11) is 0. The molecule has 0 atom stereocenters. The fourth-order valence-corrected chi connectivity index (χ4v) is 12.2. The van der Waals surface area contributed by atoms with E-state index in [2.05, 4.69) is 323 Å². The molecule has 0 bridgehead atoms. The summed E-state index contributed by atoms with van der Waals surface area (Å²) in [6.07, 6.45) is 0. The van der Waals surface area contributed by atoms with Gasteiger partial charge in [0.05, 0.1) is 5.69 Å². The van der Waals surface area contributed by atoms with Gasteiger partial charge in [-0.3, -0.25) is 0 Å². The van der Waals surface area contributed by atoms with Gasteiger partial charge in [-0.2, -0.15) is 0 Å². The predicted octanol–water partition coefficient (Wildman–Crippen LogP) is 18.5. The number of benzene rings is 11. The van der Waals surface area contributed by atoms with Crippen LogP contribution in [0.1, 0.15) is 52.7 Å². The van der Waals surface area contributed by atoms with Crippen LogP contribution in [0.4, 0.5) is 51.2 Å². The number of rotatable bonds is 9. The van der Waals surface area contributed by atoms with Crippen LogP contribution in [0.5, 0.6) is 0 Å². The van der Waals surface area contributed by atoms with Crippen molar-refractivity contribution in [2.24, 2.45) is 0 Å². The molecule has 0 saturated heterocycles. The molecule has 376 valence electrons. The summed E-state index contributed by atoms with van der Waals surface area (Å²) in [4.78, 5) is 7.74. The Bertz CT molecular complexity index is 3750. The van der Waals surface area contributed by atoms with Crippen molar-refractivity contribution in [1.29, 1.82) is 0 Å². The molecule has 11 aromatic rings. The summed E-state index contributed by atoms with van der Waals surface area (Å²) >= 11 is 0. The van der Waals surface area contributed by atoms with Gasteiger partial charge in [-0.1, -0.05) is 248 Å². The molecular weight excluding hydrogens is 942 g/mol. The summed E-state index contributed by atoms with van der Waals surface area (Å²) in [5.41, 5.74) is 25.6. The summed E-state index contributed by atoms with van der Waals surface area (Å²) < 4.78 is 0. The molecule has 78 heavy (non-hydrogen) atoms. The van der Waals surface area contributed by atoms with Crippen LogP contribution in [0.25, 0.3) is 44.5 Å². The van der Waals surface area contributed by atoms with E-state index in [9.17, 15) is 0 Å². The lowest BCUT2D eigenvalue weighted by Crippen LogP contribution is -2.61. The zero-order valence-electron chi connectivity index (χ0n) is 45.3. The molecule has 0 aliphatic carbocycles. The zero-order valence-corrected chi connectivity index (χ0v) is 45.3. The number of para-hydroxylation sites is 2. The van der Waals surface area contributed by atoms with Gasteiger partial charge in [0.15, 0.2) is 0 Å². The molecule has 3 nitrogen and oxygen atoms in total. The van der Waals surface area contributed by atoms with Crippen molar-refractivity contribution in [2.45, 2.75) is 52.4 Å². The summed E-state index contributed by atoms with van der Waals surface area (Å²) in [5, 5.41) is 0. The van der Waals surface area contributed by atoms with Gasteiger partial charge in [0.2, 0.25) is 0 Å². The highest BCUT2D eigenvalue weighted by atomic mass is 15.2. The minimum absolute atomic E-state index is 0.108. The van der Waals surface area contributed by atoms with Gasteiger partial charge in [-0.15, -0.1) is 0 Å². The van der Waals surface area contributed by atoms with Crippen molar-refractivity contribution in [1.82, 2.24) is 0 Å². The van der Waals surface area contributed by atoms with E-state index in [1.54, 1.807) is 0 Å². The molecule has 0 unspecified atom stereocenters. The molecule has 13 rings (SSSR count). The Labute approximate surface area is 461 Å². The van der Waals surface area contributed by atoms with Crippen LogP contribution in [0.3, 0.4) is 0 Å². The smallest absolute Gasteiger partial charge is 0.252 e.